The van der Waals surface area contributed by atoms with Gasteiger partial charge in [0.2, 0.25) is 0 Å². The standard InChI is InChI=1S/C18H20O2S/c1-2-18(17(19)20,15-9-5-3-6-10-15)13-14-21-16-11-7-4-8-12-16/h3-12H,2,13-14H2,1H3,(H,19,20). The van der Waals surface area contributed by atoms with E-state index in [1.54, 1.807) is 11.8 Å². The quantitative estimate of drug-likeness (QED) is 0.759. The average molecular weight is 300 g/mol. The molecule has 1 unspecified atom stereocenters. The summed E-state index contributed by atoms with van der Waals surface area (Å²) in [6.45, 7) is 1.95. The van der Waals surface area contributed by atoms with Crippen LogP contribution < -0.4 is 0 Å². The highest BCUT2D eigenvalue weighted by molar-refractivity contribution is 7.99. The number of carboxylic acid groups (broad SMARTS) is 1. The molecule has 110 valence electrons. The van der Waals surface area contributed by atoms with Crippen LogP contribution in [0.2, 0.25) is 0 Å². The Balaban J connectivity index is 2.12. The number of benzene rings is 2. The summed E-state index contributed by atoms with van der Waals surface area (Å²) in [4.78, 5) is 13.1. The lowest BCUT2D eigenvalue weighted by atomic mass is 9.76. The van der Waals surface area contributed by atoms with Crippen LogP contribution in [0.25, 0.3) is 0 Å². The predicted octanol–water partition coefficient (Wildman–Crippen LogP) is 4.60. The van der Waals surface area contributed by atoms with Crippen molar-refractivity contribution in [2.75, 3.05) is 5.75 Å². The summed E-state index contributed by atoms with van der Waals surface area (Å²) in [5.41, 5.74) is 0.108. The third-order valence-corrected chi connectivity index (χ3v) is 4.89. The molecule has 0 saturated heterocycles. The molecule has 2 aromatic rings. The van der Waals surface area contributed by atoms with Crippen LogP contribution in [0.5, 0.6) is 0 Å². The Kier molecular flexibility index (Phi) is 5.45. The molecule has 0 radical (unpaired) electrons. The number of thioether (sulfide) groups is 1. The van der Waals surface area contributed by atoms with Crippen molar-refractivity contribution >= 4 is 17.7 Å². The van der Waals surface area contributed by atoms with E-state index in [9.17, 15) is 9.90 Å². The fourth-order valence-electron chi connectivity index (χ4n) is 2.52. The van der Waals surface area contributed by atoms with Crippen LogP contribution in [0.1, 0.15) is 25.3 Å². The molecule has 2 nitrogen and oxygen atoms in total. The lowest BCUT2D eigenvalue weighted by Crippen LogP contribution is -2.35. The van der Waals surface area contributed by atoms with E-state index in [1.807, 2.05) is 55.5 Å². The van der Waals surface area contributed by atoms with Crippen molar-refractivity contribution in [1.29, 1.82) is 0 Å². The summed E-state index contributed by atoms with van der Waals surface area (Å²) >= 11 is 1.71. The third kappa shape index (κ3) is 3.67. The summed E-state index contributed by atoms with van der Waals surface area (Å²) < 4.78 is 0. The van der Waals surface area contributed by atoms with Crippen molar-refractivity contribution in [3.63, 3.8) is 0 Å². The minimum absolute atomic E-state index is 0.599. The van der Waals surface area contributed by atoms with E-state index in [-0.39, 0.29) is 0 Å². The first kappa shape index (κ1) is 15.6. The van der Waals surface area contributed by atoms with Crippen molar-refractivity contribution in [3.8, 4) is 0 Å². The van der Waals surface area contributed by atoms with Crippen molar-refractivity contribution < 1.29 is 9.90 Å². The van der Waals surface area contributed by atoms with Gasteiger partial charge < -0.3 is 5.11 Å². The summed E-state index contributed by atoms with van der Waals surface area (Å²) in [6, 6.07) is 19.7. The molecule has 0 heterocycles. The number of hydrogen-bond acceptors (Lipinski definition) is 2. The Morgan fingerprint density at radius 3 is 2.14 bits per heavy atom. The highest BCUT2D eigenvalue weighted by Gasteiger charge is 2.37. The van der Waals surface area contributed by atoms with Gasteiger partial charge in [-0.3, -0.25) is 4.79 Å². The van der Waals surface area contributed by atoms with E-state index in [1.165, 1.54) is 4.90 Å². The van der Waals surface area contributed by atoms with Gasteiger partial charge in [-0.1, -0.05) is 55.5 Å². The van der Waals surface area contributed by atoms with Crippen LogP contribution in [0.3, 0.4) is 0 Å². The van der Waals surface area contributed by atoms with Gasteiger partial charge in [0.25, 0.3) is 0 Å². The molecule has 2 aromatic carbocycles. The normalized spacial score (nSPS) is 13.6. The molecule has 0 aliphatic rings. The number of hydrogen-bond donors (Lipinski definition) is 1. The Morgan fingerprint density at radius 2 is 1.62 bits per heavy atom. The number of carboxylic acids is 1. The highest BCUT2D eigenvalue weighted by Crippen LogP contribution is 2.34. The Bertz CT molecular complexity index is 568. The van der Waals surface area contributed by atoms with Gasteiger partial charge in [0, 0.05) is 4.90 Å². The average Bonchev–Trinajstić information content (AvgIpc) is 2.53. The molecule has 1 atom stereocenters. The smallest absolute Gasteiger partial charge is 0.314 e. The zero-order chi connectivity index (χ0) is 15.1. The maximum absolute atomic E-state index is 11.9. The molecule has 0 amide bonds. The number of rotatable bonds is 7. The molecule has 2 rings (SSSR count). The van der Waals surface area contributed by atoms with E-state index in [2.05, 4.69) is 12.1 Å². The van der Waals surface area contributed by atoms with Crippen LogP contribution in [-0.4, -0.2) is 16.8 Å². The largest absolute Gasteiger partial charge is 0.481 e. The summed E-state index contributed by atoms with van der Waals surface area (Å²) in [6.07, 6.45) is 1.23. The minimum Gasteiger partial charge on any atom is -0.481 e. The van der Waals surface area contributed by atoms with Gasteiger partial charge in [0.1, 0.15) is 0 Å². The van der Waals surface area contributed by atoms with E-state index < -0.39 is 11.4 Å². The minimum atomic E-state index is -0.789. The summed E-state index contributed by atoms with van der Waals surface area (Å²) in [7, 11) is 0. The second kappa shape index (κ2) is 7.32. The van der Waals surface area contributed by atoms with Crippen LogP contribution in [0, 0.1) is 0 Å². The lowest BCUT2D eigenvalue weighted by Gasteiger charge is -2.28. The molecular formula is C18H20O2S. The molecule has 0 aliphatic carbocycles. The molecule has 21 heavy (non-hydrogen) atoms. The Labute approximate surface area is 130 Å². The van der Waals surface area contributed by atoms with Gasteiger partial charge in [0.15, 0.2) is 0 Å². The van der Waals surface area contributed by atoms with Gasteiger partial charge in [-0.2, -0.15) is 0 Å². The molecule has 0 fully saturated rings. The van der Waals surface area contributed by atoms with E-state index in [4.69, 9.17) is 0 Å². The second-order valence-corrected chi connectivity index (χ2v) is 6.19. The summed E-state index contributed by atoms with van der Waals surface area (Å²) in [5.74, 6) is 0.0591. The van der Waals surface area contributed by atoms with Crippen molar-refractivity contribution in [2.24, 2.45) is 0 Å². The molecule has 1 N–H and O–H groups in total. The van der Waals surface area contributed by atoms with Gasteiger partial charge in [-0.25, -0.2) is 0 Å². The molecular weight excluding hydrogens is 280 g/mol. The predicted molar refractivity (Wildman–Crippen MR) is 87.8 cm³/mol. The number of carbonyl (C=O) groups is 1. The lowest BCUT2D eigenvalue weighted by molar-refractivity contribution is -0.144. The Morgan fingerprint density at radius 1 is 1.05 bits per heavy atom. The molecule has 0 aliphatic heterocycles. The second-order valence-electron chi connectivity index (χ2n) is 5.02. The molecule has 0 spiro atoms. The highest BCUT2D eigenvalue weighted by atomic mass is 32.2. The third-order valence-electron chi connectivity index (χ3n) is 3.88. The zero-order valence-corrected chi connectivity index (χ0v) is 13.0. The summed E-state index contributed by atoms with van der Waals surface area (Å²) in [5, 5.41) is 9.77. The van der Waals surface area contributed by atoms with Crippen molar-refractivity contribution in [1.82, 2.24) is 0 Å². The first-order chi connectivity index (χ1) is 10.2. The van der Waals surface area contributed by atoms with E-state index >= 15 is 0 Å². The topological polar surface area (TPSA) is 37.3 Å². The van der Waals surface area contributed by atoms with E-state index in [0.29, 0.717) is 12.8 Å². The Hall–Kier alpha value is -1.74. The SMILES string of the molecule is CCC(CCSc1ccccc1)(C(=O)O)c1ccccc1. The van der Waals surface area contributed by atoms with Crippen molar-refractivity contribution in [2.45, 2.75) is 30.1 Å². The van der Waals surface area contributed by atoms with Gasteiger partial charge in [-0.15, -0.1) is 11.8 Å². The monoisotopic (exact) mass is 300 g/mol. The first-order valence-electron chi connectivity index (χ1n) is 7.16. The molecule has 0 aromatic heterocycles. The maximum atomic E-state index is 11.9. The van der Waals surface area contributed by atoms with Gasteiger partial charge in [0.05, 0.1) is 5.41 Å². The van der Waals surface area contributed by atoms with Crippen LogP contribution >= 0.6 is 11.8 Å². The molecule has 0 saturated carbocycles. The van der Waals surface area contributed by atoms with Crippen LogP contribution in [0.4, 0.5) is 0 Å². The van der Waals surface area contributed by atoms with Crippen LogP contribution in [-0.2, 0) is 10.2 Å². The van der Waals surface area contributed by atoms with E-state index in [0.717, 1.165) is 11.3 Å². The zero-order valence-electron chi connectivity index (χ0n) is 12.2. The molecule has 0 bridgehead atoms. The van der Waals surface area contributed by atoms with Gasteiger partial charge >= 0.3 is 5.97 Å². The molecule has 3 heteroatoms. The van der Waals surface area contributed by atoms with Crippen LogP contribution in [0.15, 0.2) is 65.6 Å². The fourth-order valence-corrected chi connectivity index (χ4v) is 3.56. The fraction of sp³-hybridized carbons (Fsp3) is 0.278. The maximum Gasteiger partial charge on any atom is 0.314 e. The number of aliphatic carboxylic acids is 1. The first-order valence-corrected chi connectivity index (χ1v) is 8.14. The van der Waals surface area contributed by atoms with Gasteiger partial charge in [-0.05, 0) is 36.3 Å². The van der Waals surface area contributed by atoms with Crippen molar-refractivity contribution in [3.05, 3.63) is 66.2 Å².